The van der Waals surface area contributed by atoms with Crippen LogP contribution in [0.1, 0.15) is 11.1 Å². The normalized spacial score (nSPS) is 15.8. The maximum atomic E-state index is 12.4. The van der Waals surface area contributed by atoms with Gasteiger partial charge >= 0.3 is 0 Å². The molecule has 3 nitrogen and oxygen atoms in total. The van der Waals surface area contributed by atoms with Gasteiger partial charge in [-0.05, 0) is 44.8 Å². The second kappa shape index (κ2) is 7.85. The lowest BCUT2D eigenvalue weighted by Crippen LogP contribution is -2.47. The van der Waals surface area contributed by atoms with Crippen molar-refractivity contribution in [3.05, 3.63) is 76.5 Å². The molecule has 3 aromatic rings. The van der Waals surface area contributed by atoms with Crippen molar-refractivity contribution in [2.24, 2.45) is 0 Å². The minimum Gasteiger partial charge on any atom is -0.337 e. The van der Waals surface area contributed by atoms with E-state index in [-0.39, 0.29) is 5.91 Å². The first-order valence-corrected chi connectivity index (χ1v) is 9.92. The Bertz CT molecular complexity index is 904. The molecule has 2 heterocycles. The minimum atomic E-state index is 0.112. The summed E-state index contributed by atoms with van der Waals surface area (Å²) in [6, 6.07) is 17.1. The molecule has 0 bridgehead atoms. The van der Waals surface area contributed by atoms with Crippen LogP contribution in [0.5, 0.6) is 0 Å². The molecule has 0 N–H and O–H groups in total. The number of rotatable bonds is 4. The van der Waals surface area contributed by atoms with Gasteiger partial charge in [0.1, 0.15) is 0 Å². The van der Waals surface area contributed by atoms with Crippen molar-refractivity contribution in [1.29, 1.82) is 0 Å². The lowest BCUT2D eigenvalue weighted by atomic mass is 10.0. The van der Waals surface area contributed by atoms with Gasteiger partial charge in [-0.25, -0.2) is 0 Å². The minimum absolute atomic E-state index is 0.112. The number of fused-ring (bicyclic) bond motifs is 1. The number of carbonyl (C=O) groups excluding carboxylic acids is 1. The SMILES string of the molecule is O=C(/C=C/c1ccsc1)N1CCN(Cc2cccc3ccccc23)CC1. The Kier molecular flexibility index (Phi) is 5.14. The van der Waals surface area contributed by atoms with Crippen LogP contribution in [0, 0.1) is 0 Å². The highest BCUT2D eigenvalue weighted by Gasteiger charge is 2.20. The molecule has 0 aliphatic carbocycles. The molecular formula is C22H22N2OS. The molecule has 4 heteroatoms. The Morgan fingerprint density at radius 3 is 2.62 bits per heavy atom. The maximum Gasteiger partial charge on any atom is 0.246 e. The third-order valence-corrected chi connectivity index (χ3v) is 5.62. The molecule has 132 valence electrons. The Morgan fingerprint density at radius 1 is 1.00 bits per heavy atom. The second-order valence-electron chi connectivity index (χ2n) is 6.63. The first-order chi connectivity index (χ1) is 12.8. The molecule has 1 amide bonds. The number of carbonyl (C=O) groups is 1. The molecule has 4 rings (SSSR count). The van der Waals surface area contributed by atoms with Gasteiger partial charge in [0.15, 0.2) is 0 Å². The van der Waals surface area contributed by atoms with Gasteiger partial charge in [0.25, 0.3) is 0 Å². The van der Waals surface area contributed by atoms with Gasteiger partial charge in [-0.15, -0.1) is 0 Å². The number of amides is 1. The molecule has 1 saturated heterocycles. The van der Waals surface area contributed by atoms with Crippen LogP contribution in [0.15, 0.2) is 65.4 Å². The highest BCUT2D eigenvalue weighted by atomic mass is 32.1. The molecule has 2 aromatic carbocycles. The topological polar surface area (TPSA) is 23.6 Å². The molecule has 0 atom stereocenters. The summed E-state index contributed by atoms with van der Waals surface area (Å²) in [5, 5.41) is 6.69. The van der Waals surface area contributed by atoms with Crippen LogP contribution in [0.2, 0.25) is 0 Å². The van der Waals surface area contributed by atoms with Crippen molar-refractivity contribution < 1.29 is 4.79 Å². The smallest absolute Gasteiger partial charge is 0.246 e. The van der Waals surface area contributed by atoms with Crippen LogP contribution in [-0.4, -0.2) is 41.9 Å². The predicted octanol–water partition coefficient (Wildman–Crippen LogP) is 4.26. The predicted molar refractivity (Wildman–Crippen MR) is 109 cm³/mol. The molecule has 0 unspecified atom stereocenters. The highest BCUT2D eigenvalue weighted by Crippen LogP contribution is 2.20. The van der Waals surface area contributed by atoms with Gasteiger partial charge in [-0.1, -0.05) is 42.5 Å². The van der Waals surface area contributed by atoms with E-state index in [0.717, 1.165) is 38.3 Å². The van der Waals surface area contributed by atoms with Crippen molar-refractivity contribution >= 4 is 34.1 Å². The Hall–Kier alpha value is -2.43. The summed E-state index contributed by atoms with van der Waals surface area (Å²) in [6.45, 7) is 4.35. The molecule has 1 aliphatic heterocycles. The van der Waals surface area contributed by atoms with Gasteiger partial charge in [0.2, 0.25) is 5.91 Å². The van der Waals surface area contributed by atoms with Crippen LogP contribution in [-0.2, 0) is 11.3 Å². The first kappa shape index (κ1) is 17.0. The van der Waals surface area contributed by atoms with E-state index in [1.165, 1.54) is 16.3 Å². The zero-order chi connectivity index (χ0) is 17.8. The number of hydrogen-bond acceptors (Lipinski definition) is 3. The number of piperazine rings is 1. The fraction of sp³-hybridized carbons (Fsp3) is 0.227. The van der Waals surface area contributed by atoms with Gasteiger partial charge in [-0.3, -0.25) is 9.69 Å². The van der Waals surface area contributed by atoms with E-state index in [0.29, 0.717) is 0 Å². The zero-order valence-corrected chi connectivity index (χ0v) is 15.5. The van der Waals surface area contributed by atoms with E-state index in [1.54, 1.807) is 17.4 Å². The van der Waals surface area contributed by atoms with Crippen molar-refractivity contribution in [3.63, 3.8) is 0 Å². The second-order valence-corrected chi connectivity index (χ2v) is 7.41. The van der Waals surface area contributed by atoms with Crippen LogP contribution in [0.4, 0.5) is 0 Å². The zero-order valence-electron chi connectivity index (χ0n) is 14.7. The monoisotopic (exact) mass is 362 g/mol. The number of thiophene rings is 1. The van der Waals surface area contributed by atoms with E-state index in [9.17, 15) is 4.79 Å². The molecule has 1 aliphatic rings. The van der Waals surface area contributed by atoms with Crippen LogP contribution >= 0.6 is 11.3 Å². The Labute approximate surface area is 158 Å². The average molecular weight is 362 g/mol. The van der Waals surface area contributed by atoms with Crippen molar-refractivity contribution in [2.45, 2.75) is 6.54 Å². The third kappa shape index (κ3) is 3.87. The standard InChI is InChI=1S/C22H22N2OS/c25-22(9-8-18-10-15-26-17-18)24-13-11-23(12-14-24)16-20-6-3-5-19-4-1-2-7-21(19)20/h1-10,15,17H,11-14,16H2/b9-8+. The van der Waals surface area contributed by atoms with E-state index in [4.69, 9.17) is 0 Å². The number of hydrogen-bond donors (Lipinski definition) is 0. The fourth-order valence-corrected chi connectivity index (χ4v) is 4.07. The van der Waals surface area contributed by atoms with E-state index in [2.05, 4.69) is 47.4 Å². The number of benzene rings is 2. The summed E-state index contributed by atoms with van der Waals surface area (Å²) in [4.78, 5) is 16.7. The average Bonchev–Trinajstić information content (AvgIpc) is 3.21. The molecule has 26 heavy (non-hydrogen) atoms. The summed E-state index contributed by atoms with van der Waals surface area (Å²) >= 11 is 1.65. The first-order valence-electron chi connectivity index (χ1n) is 8.98. The Morgan fingerprint density at radius 2 is 1.81 bits per heavy atom. The van der Waals surface area contributed by atoms with Crippen molar-refractivity contribution in [1.82, 2.24) is 9.80 Å². The summed E-state index contributed by atoms with van der Waals surface area (Å²) in [7, 11) is 0. The van der Waals surface area contributed by atoms with Crippen molar-refractivity contribution in [2.75, 3.05) is 26.2 Å². The quantitative estimate of drug-likeness (QED) is 0.648. The lowest BCUT2D eigenvalue weighted by molar-refractivity contribution is -0.127. The fourth-order valence-electron chi connectivity index (χ4n) is 3.44. The molecule has 1 aromatic heterocycles. The van der Waals surface area contributed by atoms with Gasteiger partial charge < -0.3 is 4.90 Å². The molecule has 1 fully saturated rings. The highest BCUT2D eigenvalue weighted by molar-refractivity contribution is 7.08. The Balaban J connectivity index is 1.35. The third-order valence-electron chi connectivity index (χ3n) is 4.92. The van der Waals surface area contributed by atoms with Crippen LogP contribution in [0.25, 0.3) is 16.8 Å². The van der Waals surface area contributed by atoms with Crippen molar-refractivity contribution in [3.8, 4) is 0 Å². The van der Waals surface area contributed by atoms with Gasteiger partial charge in [-0.2, -0.15) is 11.3 Å². The molecule has 0 spiro atoms. The van der Waals surface area contributed by atoms with Crippen LogP contribution < -0.4 is 0 Å². The van der Waals surface area contributed by atoms with Gasteiger partial charge in [0, 0.05) is 38.8 Å². The summed E-state index contributed by atoms with van der Waals surface area (Å²) in [6.07, 6.45) is 3.60. The van der Waals surface area contributed by atoms with E-state index in [1.807, 2.05) is 27.8 Å². The maximum absolute atomic E-state index is 12.4. The lowest BCUT2D eigenvalue weighted by Gasteiger charge is -2.34. The molecule has 0 radical (unpaired) electrons. The number of nitrogens with zero attached hydrogens (tertiary/aromatic N) is 2. The largest absolute Gasteiger partial charge is 0.337 e. The molecule has 0 saturated carbocycles. The van der Waals surface area contributed by atoms with E-state index >= 15 is 0 Å². The summed E-state index contributed by atoms with van der Waals surface area (Å²) < 4.78 is 0. The molecular weight excluding hydrogens is 340 g/mol. The summed E-state index contributed by atoms with van der Waals surface area (Å²) in [5.74, 6) is 0.112. The van der Waals surface area contributed by atoms with E-state index < -0.39 is 0 Å². The summed E-state index contributed by atoms with van der Waals surface area (Å²) in [5.41, 5.74) is 2.46. The van der Waals surface area contributed by atoms with Crippen LogP contribution in [0.3, 0.4) is 0 Å². The van der Waals surface area contributed by atoms with Gasteiger partial charge in [0.05, 0.1) is 0 Å².